The number of hydrogen-bond acceptors (Lipinski definition) is 4. The third kappa shape index (κ3) is 2.98. The Labute approximate surface area is 75.5 Å². The van der Waals surface area contributed by atoms with E-state index >= 15 is 0 Å². The van der Waals surface area contributed by atoms with Crippen molar-refractivity contribution in [1.29, 1.82) is 0 Å². The molecule has 0 radical (unpaired) electrons. The summed E-state index contributed by atoms with van der Waals surface area (Å²) in [7, 11) is -3.50. The number of nitrogens with two attached hydrogens (primary N) is 1. The normalized spacial score (nSPS) is 21.4. The monoisotopic (exact) mass is 203 g/mol. The van der Waals surface area contributed by atoms with E-state index in [2.05, 4.69) is 10.3 Å². The SMILES string of the molecule is NC(=O)C1=CCNNS(=O)(=O)C=C1. The molecule has 1 amide bonds. The lowest BCUT2D eigenvalue weighted by Crippen LogP contribution is -2.37. The van der Waals surface area contributed by atoms with Crippen LogP contribution in [0.2, 0.25) is 0 Å². The zero-order valence-corrected chi connectivity index (χ0v) is 7.47. The van der Waals surface area contributed by atoms with Gasteiger partial charge in [0.1, 0.15) is 0 Å². The van der Waals surface area contributed by atoms with Crippen molar-refractivity contribution < 1.29 is 13.2 Å². The van der Waals surface area contributed by atoms with Crippen LogP contribution in [0.3, 0.4) is 0 Å². The molecule has 0 bridgehead atoms. The molecule has 13 heavy (non-hydrogen) atoms. The minimum atomic E-state index is -3.50. The van der Waals surface area contributed by atoms with E-state index in [1.165, 1.54) is 6.08 Å². The number of rotatable bonds is 1. The van der Waals surface area contributed by atoms with E-state index in [9.17, 15) is 13.2 Å². The summed E-state index contributed by atoms with van der Waals surface area (Å²) in [5.41, 5.74) is 7.53. The van der Waals surface area contributed by atoms with Crippen molar-refractivity contribution in [3.63, 3.8) is 0 Å². The lowest BCUT2D eigenvalue weighted by atomic mass is 10.2. The van der Waals surface area contributed by atoms with Gasteiger partial charge < -0.3 is 5.73 Å². The molecule has 0 spiro atoms. The molecule has 1 heterocycles. The average Bonchev–Trinajstić information content (AvgIpc) is 1.98. The van der Waals surface area contributed by atoms with Crippen LogP contribution in [-0.4, -0.2) is 20.9 Å². The quantitative estimate of drug-likeness (QED) is 0.475. The standard InChI is InChI=1S/C6H9N3O3S/c7-6(10)5-1-3-8-9-13(11,12)4-2-5/h1-2,4,8-9H,3H2,(H2,7,10). The van der Waals surface area contributed by atoms with Gasteiger partial charge in [0.15, 0.2) is 0 Å². The molecule has 6 nitrogen and oxygen atoms in total. The summed E-state index contributed by atoms with van der Waals surface area (Å²) < 4.78 is 21.9. The van der Waals surface area contributed by atoms with Crippen LogP contribution in [0.4, 0.5) is 0 Å². The molecular weight excluding hydrogens is 194 g/mol. The van der Waals surface area contributed by atoms with Crippen LogP contribution in [0.5, 0.6) is 0 Å². The van der Waals surface area contributed by atoms with Crippen LogP contribution in [0.15, 0.2) is 23.1 Å². The topological polar surface area (TPSA) is 101 Å². The highest BCUT2D eigenvalue weighted by Gasteiger charge is 2.08. The molecular formula is C6H9N3O3S. The van der Waals surface area contributed by atoms with Gasteiger partial charge in [0.05, 0.1) is 0 Å². The van der Waals surface area contributed by atoms with Crippen molar-refractivity contribution in [1.82, 2.24) is 10.3 Å². The molecule has 0 aromatic carbocycles. The number of primary amides is 1. The van der Waals surface area contributed by atoms with Crippen molar-refractivity contribution in [2.24, 2.45) is 5.73 Å². The first-order chi connectivity index (χ1) is 6.01. The second-order valence-corrected chi connectivity index (χ2v) is 3.92. The van der Waals surface area contributed by atoms with Crippen LogP contribution in [0, 0.1) is 0 Å². The Bertz CT molecular complexity index is 369. The lowest BCUT2D eigenvalue weighted by molar-refractivity contribution is -0.114. The molecule has 0 aromatic rings. The van der Waals surface area contributed by atoms with Gasteiger partial charge in [0, 0.05) is 17.5 Å². The van der Waals surface area contributed by atoms with Crippen LogP contribution in [-0.2, 0) is 14.8 Å². The highest BCUT2D eigenvalue weighted by atomic mass is 32.2. The summed E-state index contributed by atoms with van der Waals surface area (Å²) in [4.78, 5) is 12.7. The van der Waals surface area contributed by atoms with Gasteiger partial charge in [-0.3, -0.25) is 4.79 Å². The van der Waals surface area contributed by atoms with E-state index in [-0.39, 0.29) is 12.1 Å². The molecule has 1 aliphatic rings. The Morgan fingerprint density at radius 1 is 1.54 bits per heavy atom. The molecule has 0 saturated heterocycles. The summed E-state index contributed by atoms with van der Waals surface area (Å²) in [6, 6.07) is 0. The van der Waals surface area contributed by atoms with Gasteiger partial charge in [-0.05, 0) is 6.08 Å². The highest BCUT2D eigenvalue weighted by Crippen LogP contribution is 1.99. The molecule has 0 aromatic heterocycles. The number of amides is 1. The van der Waals surface area contributed by atoms with E-state index in [0.29, 0.717) is 0 Å². The molecule has 1 rings (SSSR count). The molecule has 1 aliphatic heterocycles. The summed E-state index contributed by atoms with van der Waals surface area (Å²) in [5.74, 6) is -0.657. The zero-order chi connectivity index (χ0) is 9.90. The molecule has 72 valence electrons. The molecule has 7 heteroatoms. The maximum atomic E-state index is 11.0. The fraction of sp³-hybridized carbons (Fsp3) is 0.167. The zero-order valence-electron chi connectivity index (χ0n) is 6.65. The molecule has 0 saturated carbocycles. The van der Waals surface area contributed by atoms with Gasteiger partial charge in [-0.1, -0.05) is 6.08 Å². The Morgan fingerprint density at radius 3 is 2.85 bits per heavy atom. The van der Waals surface area contributed by atoms with Gasteiger partial charge in [-0.2, -0.15) is 0 Å². The molecule has 4 N–H and O–H groups in total. The Hall–Kier alpha value is -1.18. The number of carbonyl (C=O) groups is 1. The molecule has 0 atom stereocenters. The third-order valence-corrected chi connectivity index (χ3v) is 2.27. The number of nitrogens with one attached hydrogen (secondary N) is 2. The number of carbonyl (C=O) groups excluding carboxylic acids is 1. The number of sulfonamides is 1. The van der Waals surface area contributed by atoms with E-state index in [1.54, 1.807) is 0 Å². The first kappa shape index (κ1) is 9.90. The lowest BCUT2D eigenvalue weighted by Gasteiger charge is -2.06. The van der Waals surface area contributed by atoms with Gasteiger partial charge in [0.2, 0.25) is 15.9 Å². The Kier molecular flexibility index (Phi) is 2.81. The maximum absolute atomic E-state index is 11.0. The number of hydrazine groups is 1. The van der Waals surface area contributed by atoms with Crippen molar-refractivity contribution >= 4 is 15.9 Å². The van der Waals surface area contributed by atoms with Crippen molar-refractivity contribution in [3.05, 3.63) is 23.1 Å². The molecule has 0 unspecified atom stereocenters. The van der Waals surface area contributed by atoms with Crippen LogP contribution >= 0.6 is 0 Å². The van der Waals surface area contributed by atoms with E-state index in [0.717, 1.165) is 11.5 Å². The van der Waals surface area contributed by atoms with Gasteiger partial charge in [0.25, 0.3) is 0 Å². The first-order valence-corrected chi connectivity index (χ1v) is 4.98. The largest absolute Gasteiger partial charge is 0.366 e. The van der Waals surface area contributed by atoms with Gasteiger partial charge in [-0.25, -0.2) is 13.8 Å². The summed E-state index contributed by atoms with van der Waals surface area (Å²) in [5, 5.41) is 0.871. The highest BCUT2D eigenvalue weighted by molar-refractivity contribution is 7.92. The van der Waals surface area contributed by atoms with Crippen LogP contribution in [0.1, 0.15) is 0 Å². The van der Waals surface area contributed by atoms with Crippen molar-refractivity contribution in [2.75, 3.05) is 6.54 Å². The predicted molar refractivity (Wildman–Crippen MR) is 46.5 cm³/mol. The van der Waals surface area contributed by atoms with Gasteiger partial charge >= 0.3 is 0 Å². The minimum Gasteiger partial charge on any atom is -0.366 e. The average molecular weight is 203 g/mol. The van der Waals surface area contributed by atoms with Crippen molar-refractivity contribution in [3.8, 4) is 0 Å². The third-order valence-electron chi connectivity index (χ3n) is 1.35. The summed E-state index contributed by atoms with van der Waals surface area (Å²) in [6.07, 6.45) is 2.64. The molecule has 0 fully saturated rings. The smallest absolute Gasteiger partial charge is 0.248 e. The summed E-state index contributed by atoms with van der Waals surface area (Å²) >= 11 is 0. The summed E-state index contributed by atoms with van der Waals surface area (Å²) in [6.45, 7) is 0.210. The second kappa shape index (κ2) is 3.69. The molecule has 0 aliphatic carbocycles. The fourth-order valence-corrected chi connectivity index (χ4v) is 1.43. The van der Waals surface area contributed by atoms with E-state index in [1.807, 2.05) is 0 Å². The van der Waals surface area contributed by atoms with Gasteiger partial charge in [-0.15, -0.1) is 4.83 Å². The van der Waals surface area contributed by atoms with E-state index < -0.39 is 15.9 Å². The minimum absolute atomic E-state index is 0.164. The van der Waals surface area contributed by atoms with Crippen LogP contribution < -0.4 is 16.0 Å². The maximum Gasteiger partial charge on any atom is 0.248 e. The Morgan fingerprint density at radius 2 is 2.23 bits per heavy atom. The first-order valence-electron chi connectivity index (χ1n) is 3.44. The van der Waals surface area contributed by atoms with Crippen molar-refractivity contribution in [2.45, 2.75) is 0 Å². The Balaban J connectivity index is 2.97. The predicted octanol–water partition coefficient (Wildman–Crippen LogP) is -1.65. The number of hydrogen-bond donors (Lipinski definition) is 3. The second-order valence-electron chi connectivity index (χ2n) is 2.35. The fourth-order valence-electron chi connectivity index (χ4n) is 0.751. The van der Waals surface area contributed by atoms with E-state index in [4.69, 9.17) is 5.73 Å². The van der Waals surface area contributed by atoms with Crippen LogP contribution in [0.25, 0.3) is 0 Å².